The zero-order chi connectivity index (χ0) is 24.4. The molecule has 0 spiro atoms. The third kappa shape index (κ3) is 4.63. The van der Waals surface area contributed by atoms with Gasteiger partial charge in [-0.2, -0.15) is 0 Å². The number of aromatic nitrogens is 3. The van der Waals surface area contributed by atoms with Crippen LogP contribution in [0.2, 0.25) is 0 Å². The van der Waals surface area contributed by atoms with Gasteiger partial charge in [0.25, 0.3) is 5.91 Å². The maximum atomic E-state index is 14.1. The number of carbonyl (C=O) groups excluding carboxylic acids is 1. The molecule has 0 aliphatic carbocycles. The van der Waals surface area contributed by atoms with E-state index in [9.17, 15) is 18.5 Å². The van der Waals surface area contributed by atoms with Crippen LogP contribution in [0.1, 0.15) is 16.8 Å². The molecule has 4 aromatic rings. The SMILES string of the molecule is CN(CCC(=O)O)C(=O)c1ccc2c([S+](C)[O-])cn(-c3ncc(-c4ccccc4F)cn3)c2c1. The van der Waals surface area contributed by atoms with Crippen molar-refractivity contribution in [1.29, 1.82) is 0 Å². The predicted octanol–water partition coefficient (Wildman–Crippen LogP) is 3.51. The number of rotatable bonds is 7. The van der Waals surface area contributed by atoms with Crippen molar-refractivity contribution >= 4 is 34.0 Å². The average molecular weight is 481 g/mol. The van der Waals surface area contributed by atoms with E-state index >= 15 is 0 Å². The first kappa shape index (κ1) is 23.4. The molecule has 0 aliphatic heterocycles. The lowest BCUT2D eigenvalue weighted by atomic mass is 10.1. The van der Waals surface area contributed by atoms with Gasteiger partial charge in [0.15, 0.2) is 4.90 Å². The van der Waals surface area contributed by atoms with Crippen LogP contribution < -0.4 is 0 Å². The number of nitrogens with zero attached hydrogens (tertiary/aromatic N) is 4. The quantitative estimate of drug-likeness (QED) is 0.405. The molecule has 174 valence electrons. The summed E-state index contributed by atoms with van der Waals surface area (Å²) < 4.78 is 28.1. The molecule has 10 heteroatoms. The van der Waals surface area contributed by atoms with Crippen LogP contribution >= 0.6 is 0 Å². The van der Waals surface area contributed by atoms with Gasteiger partial charge in [-0.15, -0.1) is 0 Å². The molecule has 0 saturated heterocycles. The van der Waals surface area contributed by atoms with Gasteiger partial charge in [-0.05, 0) is 35.4 Å². The van der Waals surface area contributed by atoms with Gasteiger partial charge >= 0.3 is 5.97 Å². The number of hydrogen-bond donors (Lipinski definition) is 1. The fourth-order valence-electron chi connectivity index (χ4n) is 3.59. The number of aliphatic carboxylic acids is 1. The van der Waals surface area contributed by atoms with Crippen LogP contribution in [0, 0.1) is 5.82 Å². The van der Waals surface area contributed by atoms with Crippen molar-refractivity contribution < 1.29 is 23.6 Å². The van der Waals surface area contributed by atoms with Gasteiger partial charge in [-0.3, -0.25) is 14.2 Å². The molecule has 0 saturated carbocycles. The molecule has 1 amide bonds. The van der Waals surface area contributed by atoms with E-state index in [4.69, 9.17) is 5.11 Å². The second-order valence-corrected chi connectivity index (χ2v) is 9.02. The van der Waals surface area contributed by atoms with Gasteiger partial charge in [0.05, 0.1) is 23.5 Å². The normalized spacial score (nSPS) is 12.0. The van der Waals surface area contributed by atoms with Gasteiger partial charge < -0.3 is 14.6 Å². The molecule has 0 fully saturated rings. The van der Waals surface area contributed by atoms with Crippen LogP contribution in [0.15, 0.2) is 66.0 Å². The molecule has 2 aromatic heterocycles. The molecule has 1 unspecified atom stereocenters. The maximum Gasteiger partial charge on any atom is 0.305 e. The Labute approximate surface area is 197 Å². The number of halogens is 1. The van der Waals surface area contributed by atoms with Gasteiger partial charge in [-0.1, -0.05) is 18.2 Å². The standard InChI is InChI=1S/C24H21FN4O4S/c1-28(10-9-22(30)31)23(32)15-7-8-18-20(11-15)29(14-21(18)34(2)33)24-26-12-16(13-27-24)17-5-3-4-6-19(17)25/h3-8,11-14H,9-10H2,1-2H3,(H,30,31). The maximum absolute atomic E-state index is 14.1. The van der Waals surface area contributed by atoms with E-state index in [2.05, 4.69) is 9.97 Å². The smallest absolute Gasteiger partial charge is 0.305 e. The highest BCUT2D eigenvalue weighted by atomic mass is 32.2. The highest BCUT2D eigenvalue weighted by molar-refractivity contribution is 7.91. The summed E-state index contributed by atoms with van der Waals surface area (Å²) in [5.41, 5.74) is 1.80. The molecule has 2 aromatic carbocycles. The Bertz CT molecular complexity index is 1370. The molecule has 0 bridgehead atoms. The van der Waals surface area contributed by atoms with Crippen molar-refractivity contribution in [2.24, 2.45) is 0 Å². The van der Waals surface area contributed by atoms with Crippen molar-refractivity contribution in [2.45, 2.75) is 11.3 Å². The van der Waals surface area contributed by atoms with E-state index in [1.165, 1.54) is 30.4 Å². The molecule has 2 heterocycles. The van der Waals surface area contributed by atoms with Crippen molar-refractivity contribution in [1.82, 2.24) is 19.4 Å². The number of carboxylic acid groups (broad SMARTS) is 1. The Balaban J connectivity index is 1.75. The number of fused-ring (bicyclic) bond motifs is 1. The highest BCUT2D eigenvalue weighted by Gasteiger charge is 2.21. The van der Waals surface area contributed by atoms with Crippen LogP contribution in [0.5, 0.6) is 0 Å². The van der Waals surface area contributed by atoms with Crippen LogP contribution in [0.25, 0.3) is 28.0 Å². The summed E-state index contributed by atoms with van der Waals surface area (Å²) in [5.74, 6) is -1.45. The van der Waals surface area contributed by atoms with Crippen molar-refractivity contribution in [3.63, 3.8) is 0 Å². The lowest BCUT2D eigenvalue weighted by Gasteiger charge is -2.16. The first-order valence-corrected chi connectivity index (χ1v) is 11.8. The molecule has 1 N–H and O–H groups in total. The largest absolute Gasteiger partial charge is 0.612 e. The zero-order valence-electron chi connectivity index (χ0n) is 18.4. The zero-order valence-corrected chi connectivity index (χ0v) is 19.3. The van der Waals surface area contributed by atoms with Crippen LogP contribution in [0.4, 0.5) is 4.39 Å². The molecular formula is C24H21FN4O4S. The first-order valence-electron chi connectivity index (χ1n) is 10.3. The molecule has 8 nitrogen and oxygen atoms in total. The summed E-state index contributed by atoms with van der Waals surface area (Å²) in [6.07, 6.45) is 6.05. The molecule has 34 heavy (non-hydrogen) atoms. The summed E-state index contributed by atoms with van der Waals surface area (Å²) in [4.78, 5) is 34.3. The van der Waals surface area contributed by atoms with Gasteiger partial charge in [0.1, 0.15) is 12.1 Å². The Morgan fingerprint density at radius 3 is 2.53 bits per heavy atom. The summed E-state index contributed by atoms with van der Waals surface area (Å²) >= 11 is -1.31. The fraction of sp³-hybridized carbons (Fsp3) is 0.167. The third-order valence-electron chi connectivity index (χ3n) is 5.37. The minimum atomic E-state index is -1.31. The Kier molecular flexibility index (Phi) is 6.62. The van der Waals surface area contributed by atoms with E-state index < -0.39 is 17.1 Å². The molecule has 0 radical (unpaired) electrons. The van der Waals surface area contributed by atoms with Crippen LogP contribution in [-0.2, 0) is 16.0 Å². The molecule has 1 atom stereocenters. The fourth-order valence-corrected chi connectivity index (χ4v) is 4.32. The summed E-state index contributed by atoms with van der Waals surface area (Å²) in [7, 11) is 1.53. The molecular weight excluding hydrogens is 459 g/mol. The number of carbonyl (C=O) groups is 2. The first-order chi connectivity index (χ1) is 16.3. The number of hydrogen-bond acceptors (Lipinski definition) is 5. The third-order valence-corrected chi connectivity index (χ3v) is 6.32. The molecule has 4 rings (SSSR count). The van der Waals surface area contributed by atoms with E-state index in [0.717, 1.165) is 0 Å². The van der Waals surface area contributed by atoms with E-state index in [0.29, 0.717) is 32.5 Å². The second-order valence-electron chi connectivity index (χ2n) is 7.67. The van der Waals surface area contributed by atoms with Gasteiger partial charge in [-0.25, -0.2) is 14.4 Å². The van der Waals surface area contributed by atoms with E-state index in [-0.39, 0.29) is 30.6 Å². The highest BCUT2D eigenvalue weighted by Crippen LogP contribution is 2.29. The van der Waals surface area contributed by atoms with Crippen molar-refractivity contribution in [3.05, 3.63) is 72.4 Å². The Morgan fingerprint density at radius 2 is 1.88 bits per heavy atom. The summed E-state index contributed by atoms with van der Waals surface area (Å²) in [6, 6.07) is 11.3. The number of benzene rings is 2. The Hall–Kier alpha value is -3.76. The minimum Gasteiger partial charge on any atom is -0.612 e. The van der Waals surface area contributed by atoms with Crippen LogP contribution in [0.3, 0.4) is 0 Å². The predicted molar refractivity (Wildman–Crippen MR) is 126 cm³/mol. The topological polar surface area (TPSA) is 111 Å². The molecule has 0 aliphatic rings. The van der Waals surface area contributed by atoms with Gasteiger partial charge in [0, 0.05) is 42.7 Å². The summed E-state index contributed by atoms with van der Waals surface area (Å²) in [6.45, 7) is 0.0675. The lowest BCUT2D eigenvalue weighted by Crippen LogP contribution is -2.29. The monoisotopic (exact) mass is 480 g/mol. The van der Waals surface area contributed by atoms with Gasteiger partial charge in [0.2, 0.25) is 5.95 Å². The second kappa shape index (κ2) is 9.62. The van der Waals surface area contributed by atoms with Crippen molar-refractivity contribution in [2.75, 3.05) is 19.8 Å². The minimum absolute atomic E-state index is 0.0675. The lowest BCUT2D eigenvalue weighted by molar-refractivity contribution is -0.137. The Morgan fingerprint density at radius 1 is 1.18 bits per heavy atom. The number of carboxylic acids is 1. The van der Waals surface area contributed by atoms with E-state index in [1.807, 2.05) is 0 Å². The summed E-state index contributed by atoms with van der Waals surface area (Å²) in [5, 5.41) is 9.55. The average Bonchev–Trinajstić information content (AvgIpc) is 3.21. The van der Waals surface area contributed by atoms with Crippen molar-refractivity contribution in [3.8, 4) is 17.1 Å². The van der Waals surface area contributed by atoms with Crippen LogP contribution in [-0.4, -0.2) is 60.8 Å². The number of amides is 1. The van der Waals surface area contributed by atoms with E-state index in [1.54, 1.807) is 53.4 Å².